The number of aromatic nitrogens is 2. The van der Waals surface area contributed by atoms with Crippen molar-refractivity contribution >= 4 is 11.7 Å². The van der Waals surface area contributed by atoms with Gasteiger partial charge in [0, 0.05) is 17.8 Å². The number of nitrogens with one attached hydrogen (secondary N) is 1. The van der Waals surface area contributed by atoms with E-state index < -0.39 is 0 Å². The van der Waals surface area contributed by atoms with E-state index in [0.29, 0.717) is 30.5 Å². The zero-order valence-electron chi connectivity index (χ0n) is 12.2. The van der Waals surface area contributed by atoms with Crippen LogP contribution in [0, 0.1) is 0 Å². The van der Waals surface area contributed by atoms with Gasteiger partial charge in [-0.15, -0.1) is 5.10 Å². The van der Waals surface area contributed by atoms with E-state index in [1.54, 1.807) is 0 Å². The Hall–Kier alpha value is -1.88. The van der Waals surface area contributed by atoms with E-state index in [9.17, 15) is 0 Å². The Morgan fingerprint density at radius 3 is 2.95 bits per heavy atom. The van der Waals surface area contributed by atoms with Gasteiger partial charge < -0.3 is 9.73 Å². The van der Waals surface area contributed by atoms with E-state index in [2.05, 4.69) is 51.6 Å². The van der Waals surface area contributed by atoms with Crippen LogP contribution in [0.15, 0.2) is 28.7 Å². The van der Waals surface area contributed by atoms with Gasteiger partial charge in [-0.1, -0.05) is 23.3 Å². The lowest BCUT2D eigenvalue weighted by Crippen LogP contribution is -2.33. The molecule has 5 heteroatoms. The molecular formula is C16H20N4O. The Kier molecular flexibility index (Phi) is 3.15. The average molecular weight is 284 g/mol. The van der Waals surface area contributed by atoms with Crippen molar-refractivity contribution in [3.63, 3.8) is 0 Å². The maximum atomic E-state index is 5.87. The predicted molar refractivity (Wildman–Crippen MR) is 80.5 cm³/mol. The highest BCUT2D eigenvalue weighted by atomic mass is 16.4. The molecule has 2 heterocycles. The number of fused-ring (bicyclic) bond motifs is 1. The quantitative estimate of drug-likeness (QED) is 0.935. The van der Waals surface area contributed by atoms with E-state index in [4.69, 9.17) is 4.42 Å². The molecule has 5 nitrogen and oxygen atoms in total. The molecule has 2 aliphatic rings. The summed E-state index contributed by atoms with van der Waals surface area (Å²) in [7, 11) is 0. The van der Waals surface area contributed by atoms with Gasteiger partial charge in [-0.3, -0.25) is 4.90 Å². The second kappa shape index (κ2) is 5.15. The van der Waals surface area contributed by atoms with Crippen LogP contribution in [0.2, 0.25) is 0 Å². The van der Waals surface area contributed by atoms with Crippen molar-refractivity contribution in [3.05, 3.63) is 35.7 Å². The van der Waals surface area contributed by atoms with Gasteiger partial charge in [0.15, 0.2) is 0 Å². The Morgan fingerprint density at radius 2 is 2.10 bits per heavy atom. The molecule has 110 valence electrons. The normalized spacial score (nSPS) is 21.4. The maximum Gasteiger partial charge on any atom is 0.323 e. The molecular weight excluding hydrogens is 264 g/mol. The Labute approximate surface area is 124 Å². The third-order valence-electron chi connectivity index (χ3n) is 4.30. The summed E-state index contributed by atoms with van der Waals surface area (Å²) < 4.78 is 5.87. The lowest BCUT2D eigenvalue weighted by atomic mass is 9.97. The summed E-state index contributed by atoms with van der Waals surface area (Å²) in [5.41, 5.74) is 2.55. The summed E-state index contributed by atoms with van der Waals surface area (Å²) in [5.74, 6) is 0.673. The summed E-state index contributed by atoms with van der Waals surface area (Å²) in [5, 5.41) is 11.8. The largest absolute Gasteiger partial charge is 0.406 e. The average Bonchev–Trinajstić information content (AvgIpc) is 3.23. The van der Waals surface area contributed by atoms with Crippen molar-refractivity contribution in [3.8, 4) is 0 Å². The number of hydrogen-bond donors (Lipinski definition) is 1. The fraction of sp³-hybridized carbons (Fsp3) is 0.500. The fourth-order valence-electron chi connectivity index (χ4n) is 2.91. The first-order chi connectivity index (χ1) is 10.3. The molecule has 2 aromatic rings. The van der Waals surface area contributed by atoms with Crippen molar-refractivity contribution in [2.45, 2.75) is 51.2 Å². The highest BCUT2D eigenvalue weighted by Gasteiger charge is 2.28. The summed E-state index contributed by atoms with van der Waals surface area (Å²) in [6.45, 7) is 2.88. The van der Waals surface area contributed by atoms with Crippen LogP contribution < -0.4 is 10.2 Å². The number of anilines is 2. The van der Waals surface area contributed by atoms with Gasteiger partial charge in [-0.05, 0) is 44.2 Å². The molecule has 1 aliphatic heterocycles. The third kappa shape index (κ3) is 2.53. The molecule has 0 amide bonds. The molecule has 1 aromatic carbocycles. The van der Waals surface area contributed by atoms with Gasteiger partial charge in [-0.2, -0.15) is 0 Å². The second-order valence-electron chi connectivity index (χ2n) is 6.02. The number of benzene rings is 1. The first-order valence-corrected chi connectivity index (χ1v) is 7.74. The summed E-state index contributed by atoms with van der Waals surface area (Å²) >= 11 is 0. The monoisotopic (exact) mass is 284 g/mol. The van der Waals surface area contributed by atoms with Crippen molar-refractivity contribution in [1.82, 2.24) is 15.5 Å². The maximum absolute atomic E-state index is 5.87. The van der Waals surface area contributed by atoms with E-state index in [1.807, 2.05) is 0 Å². The summed E-state index contributed by atoms with van der Waals surface area (Å²) in [6, 6.07) is 10.1. The lowest BCUT2D eigenvalue weighted by Gasteiger charge is -2.33. The standard InChI is InChI=1S/C16H20N4O/c1-11-6-7-12-4-2-3-5-14(12)20(11)16-19-18-15(21-16)10-17-13-8-9-13/h2-5,11,13,17H,6-10H2,1H3. The molecule has 0 saturated heterocycles. The zero-order chi connectivity index (χ0) is 14.2. The molecule has 1 unspecified atom stereocenters. The van der Waals surface area contributed by atoms with Crippen molar-refractivity contribution in [1.29, 1.82) is 0 Å². The molecule has 0 radical (unpaired) electrons. The van der Waals surface area contributed by atoms with Gasteiger partial charge >= 0.3 is 6.01 Å². The van der Waals surface area contributed by atoms with Crippen LogP contribution in [0.25, 0.3) is 0 Å². The van der Waals surface area contributed by atoms with E-state index in [0.717, 1.165) is 12.8 Å². The Balaban J connectivity index is 1.59. The number of para-hydroxylation sites is 1. The molecule has 1 N–H and O–H groups in total. The minimum atomic E-state index is 0.379. The number of nitrogens with zero attached hydrogens (tertiary/aromatic N) is 3. The molecule has 1 saturated carbocycles. The molecule has 1 fully saturated rings. The number of aryl methyl sites for hydroxylation is 1. The fourth-order valence-corrected chi connectivity index (χ4v) is 2.91. The summed E-state index contributed by atoms with van der Waals surface area (Å²) in [6.07, 6.45) is 4.74. The van der Waals surface area contributed by atoms with Crippen LogP contribution in [0.3, 0.4) is 0 Å². The van der Waals surface area contributed by atoms with Crippen molar-refractivity contribution in [2.75, 3.05) is 4.90 Å². The SMILES string of the molecule is CC1CCc2ccccc2N1c1nnc(CNC2CC2)o1. The Morgan fingerprint density at radius 1 is 1.24 bits per heavy atom. The number of rotatable bonds is 4. The van der Waals surface area contributed by atoms with Gasteiger partial charge in [0.05, 0.1) is 6.54 Å². The van der Waals surface area contributed by atoms with Crippen molar-refractivity contribution < 1.29 is 4.42 Å². The van der Waals surface area contributed by atoms with Crippen molar-refractivity contribution in [2.24, 2.45) is 0 Å². The van der Waals surface area contributed by atoms with E-state index >= 15 is 0 Å². The molecule has 21 heavy (non-hydrogen) atoms. The van der Waals surface area contributed by atoms with Gasteiger partial charge in [0.25, 0.3) is 0 Å². The minimum absolute atomic E-state index is 0.379. The second-order valence-corrected chi connectivity index (χ2v) is 6.02. The molecule has 1 atom stereocenters. The van der Waals surface area contributed by atoms with Crippen LogP contribution in [0.1, 0.15) is 37.6 Å². The van der Waals surface area contributed by atoms with Gasteiger partial charge in [-0.25, -0.2) is 0 Å². The predicted octanol–water partition coefficient (Wildman–Crippen LogP) is 2.79. The molecule has 0 bridgehead atoms. The van der Waals surface area contributed by atoms with Crippen LogP contribution in [0.4, 0.5) is 11.7 Å². The van der Waals surface area contributed by atoms with E-state index in [1.165, 1.54) is 24.1 Å². The van der Waals surface area contributed by atoms with Crippen LogP contribution in [-0.2, 0) is 13.0 Å². The molecule has 4 rings (SSSR count). The highest BCUT2D eigenvalue weighted by Crippen LogP contribution is 2.35. The van der Waals surface area contributed by atoms with Crippen LogP contribution in [-0.4, -0.2) is 22.3 Å². The Bertz CT molecular complexity index is 635. The zero-order valence-corrected chi connectivity index (χ0v) is 12.2. The smallest absolute Gasteiger partial charge is 0.323 e. The van der Waals surface area contributed by atoms with E-state index in [-0.39, 0.29) is 0 Å². The number of hydrogen-bond acceptors (Lipinski definition) is 5. The lowest BCUT2D eigenvalue weighted by molar-refractivity contribution is 0.453. The first-order valence-electron chi connectivity index (χ1n) is 7.74. The first kappa shape index (κ1) is 12.8. The van der Waals surface area contributed by atoms with Crippen LogP contribution in [0.5, 0.6) is 0 Å². The van der Waals surface area contributed by atoms with Gasteiger partial charge in [0.2, 0.25) is 5.89 Å². The highest BCUT2D eigenvalue weighted by molar-refractivity contribution is 5.63. The summed E-state index contributed by atoms with van der Waals surface area (Å²) in [4.78, 5) is 2.17. The van der Waals surface area contributed by atoms with Gasteiger partial charge in [0.1, 0.15) is 0 Å². The molecule has 1 aromatic heterocycles. The molecule has 1 aliphatic carbocycles. The topological polar surface area (TPSA) is 54.2 Å². The molecule has 0 spiro atoms. The third-order valence-corrected chi connectivity index (χ3v) is 4.30. The van der Waals surface area contributed by atoms with Crippen LogP contribution >= 0.6 is 0 Å². The minimum Gasteiger partial charge on any atom is -0.406 e.